The topological polar surface area (TPSA) is 105 Å². The van der Waals surface area contributed by atoms with Gasteiger partial charge in [0.05, 0.1) is 6.42 Å². The number of hydrogen-bond donors (Lipinski definition) is 2. The minimum Gasteiger partial charge on any atom is -0.456 e. The number of rotatable bonds is 7. The summed E-state index contributed by atoms with van der Waals surface area (Å²) in [4.78, 5) is 49.9. The Morgan fingerprint density at radius 3 is 2.66 bits per heavy atom. The minimum absolute atomic E-state index is 0.0509. The van der Waals surface area contributed by atoms with Crippen molar-refractivity contribution >= 4 is 29.5 Å². The maximum Gasteiger partial charge on any atom is 0.325 e. The van der Waals surface area contributed by atoms with E-state index in [1.807, 2.05) is 32.0 Å². The smallest absolute Gasteiger partial charge is 0.325 e. The van der Waals surface area contributed by atoms with E-state index in [4.69, 9.17) is 4.74 Å². The van der Waals surface area contributed by atoms with E-state index in [0.29, 0.717) is 12.8 Å². The molecule has 0 unspecified atom stereocenters. The summed E-state index contributed by atoms with van der Waals surface area (Å²) in [5, 5.41) is 5.55. The van der Waals surface area contributed by atoms with Gasteiger partial charge >= 0.3 is 12.0 Å². The van der Waals surface area contributed by atoms with Crippen LogP contribution in [-0.2, 0) is 25.5 Å². The summed E-state index contributed by atoms with van der Waals surface area (Å²) >= 11 is 0. The van der Waals surface area contributed by atoms with Crippen molar-refractivity contribution in [2.24, 2.45) is 0 Å². The molecule has 1 aromatic carbocycles. The molecule has 8 heteroatoms. The molecule has 4 amide bonds. The van der Waals surface area contributed by atoms with Gasteiger partial charge in [-0.1, -0.05) is 38.0 Å². The van der Waals surface area contributed by atoms with E-state index in [2.05, 4.69) is 10.6 Å². The molecule has 0 bridgehead atoms. The second-order valence-corrected chi connectivity index (χ2v) is 7.60. The fourth-order valence-electron chi connectivity index (χ4n) is 4.00. The standard InChI is InChI=1S/C21H27N3O5/c1-3-15-8-6-7-14(2)18(15)22-16(25)13-29-17(26)9-12-24-19(27)21(23-20(24)28)10-4-5-11-21/h6-8H,3-5,9-13H2,1-2H3,(H,22,25)(H,23,28). The fourth-order valence-corrected chi connectivity index (χ4v) is 4.00. The van der Waals surface area contributed by atoms with Gasteiger partial charge in [-0.2, -0.15) is 0 Å². The Balaban J connectivity index is 1.46. The summed E-state index contributed by atoms with van der Waals surface area (Å²) < 4.78 is 5.02. The minimum atomic E-state index is -0.786. The zero-order valence-electron chi connectivity index (χ0n) is 16.9. The Morgan fingerprint density at radius 2 is 1.97 bits per heavy atom. The van der Waals surface area contributed by atoms with Crippen molar-refractivity contribution in [1.29, 1.82) is 0 Å². The third kappa shape index (κ3) is 4.41. The molecule has 1 aliphatic carbocycles. The second-order valence-electron chi connectivity index (χ2n) is 7.60. The first-order valence-corrected chi connectivity index (χ1v) is 10.0. The average molecular weight is 401 g/mol. The number of amides is 4. The zero-order chi connectivity index (χ0) is 21.0. The largest absolute Gasteiger partial charge is 0.456 e. The highest BCUT2D eigenvalue weighted by atomic mass is 16.5. The van der Waals surface area contributed by atoms with Gasteiger partial charge in [-0.25, -0.2) is 4.79 Å². The number of anilines is 1. The Kier molecular flexibility index (Phi) is 6.20. The van der Waals surface area contributed by atoms with E-state index in [1.54, 1.807) is 0 Å². The number of benzene rings is 1. The van der Waals surface area contributed by atoms with E-state index in [-0.39, 0.29) is 18.9 Å². The van der Waals surface area contributed by atoms with E-state index < -0.39 is 30.1 Å². The van der Waals surface area contributed by atoms with Crippen LogP contribution in [0, 0.1) is 6.92 Å². The third-order valence-electron chi connectivity index (χ3n) is 5.61. The number of nitrogens with zero attached hydrogens (tertiary/aromatic N) is 1. The van der Waals surface area contributed by atoms with Crippen molar-refractivity contribution in [3.8, 4) is 0 Å². The number of carbonyl (C=O) groups excluding carboxylic acids is 4. The van der Waals surface area contributed by atoms with E-state index in [9.17, 15) is 19.2 Å². The quantitative estimate of drug-likeness (QED) is 0.539. The summed E-state index contributed by atoms with van der Waals surface area (Å²) in [7, 11) is 0. The Labute approximate surface area is 170 Å². The first kappa shape index (κ1) is 20.8. The molecule has 0 atom stereocenters. The molecule has 8 nitrogen and oxygen atoms in total. The van der Waals surface area contributed by atoms with Crippen LogP contribution in [0.1, 0.15) is 50.2 Å². The van der Waals surface area contributed by atoms with Crippen molar-refractivity contribution in [2.75, 3.05) is 18.5 Å². The number of imide groups is 1. The zero-order valence-corrected chi connectivity index (χ0v) is 16.9. The van der Waals surface area contributed by atoms with E-state index >= 15 is 0 Å². The molecule has 0 aromatic heterocycles. The lowest BCUT2D eigenvalue weighted by atomic mass is 9.98. The Morgan fingerprint density at radius 1 is 1.24 bits per heavy atom. The van der Waals surface area contributed by atoms with Gasteiger partial charge in [0.15, 0.2) is 6.61 Å². The van der Waals surface area contributed by atoms with Gasteiger partial charge < -0.3 is 15.4 Å². The van der Waals surface area contributed by atoms with Gasteiger partial charge in [0, 0.05) is 12.2 Å². The molecule has 1 aromatic rings. The van der Waals surface area contributed by atoms with Gasteiger partial charge in [0.1, 0.15) is 5.54 Å². The molecule has 1 heterocycles. The highest BCUT2D eigenvalue weighted by molar-refractivity contribution is 6.07. The predicted molar refractivity (Wildman–Crippen MR) is 106 cm³/mol. The summed E-state index contributed by atoms with van der Waals surface area (Å²) in [5.74, 6) is -1.33. The van der Waals surface area contributed by atoms with Crippen molar-refractivity contribution in [3.63, 3.8) is 0 Å². The number of carbonyl (C=O) groups is 4. The van der Waals surface area contributed by atoms with Crippen LogP contribution >= 0.6 is 0 Å². The van der Waals surface area contributed by atoms with Gasteiger partial charge in [-0.05, 0) is 37.3 Å². The molecule has 2 aliphatic rings. The molecule has 1 aliphatic heterocycles. The van der Waals surface area contributed by atoms with Crippen LogP contribution in [0.25, 0.3) is 0 Å². The van der Waals surface area contributed by atoms with Crippen molar-refractivity contribution in [3.05, 3.63) is 29.3 Å². The Bertz CT molecular complexity index is 830. The van der Waals surface area contributed by atoms with Crippen molar-refractivity contribution in [2.45, 2.75) is 57.9 Å². The number of ether oxygens (including phenoxy) is 1. The van der Waals surface area contributed by atoms with Gasteiger partial charge in [0.25, 0.3) is 11.8 Å². The van der Waals surface area contributed by atoms with Crippen LogP contribution < -0.4 is 10.6 Å². The van der Waals surface area contributed by atoms with Crippen LogP contribution in [0.3, 0.4) is 0 Å². The highest BCUT2D eigenvalue weighted by Crippen LogP contribution is 2.35. The van der Waals surface area contributed by atoms with Crippen molar-refractivity contribution < 1.29 is 23.9 Å². The molecular formula is C21H27N3O5. The van der Waals surface area contributed by atoms with E-state index in [0.717, 1.165) is 41.0 Å². The lowest BCUT2D eigenvalue weighted by Gasteiger charge is -2.19. The monoisotopic (exact) mass is 401 g/mol. The molecule has 3 rings (SSSR count). The lowest BCUT2D eigenvalue weighted by molar-refractivity contribution is -0.147. The number of hydrogen-bond acceptors (Lipinski definition) is 5. The summed E-state index contributed by atoms with van der Waals surface area (Å²) in [6, 6.07) is 5.30. The first-order valence-electron chi connectivity index (χ1n) is 10.0. The molecule has 0 radical (unpaired) electrons. The molecular weight excluding hydrogens is 374 g/mol. The average Bonchev–Trinajstić information content (AvgIpc) is 3.25. The summed E-state index contributed by atoms with van der Waals surface area (Å²) in [5.41, 5.74) is 1.88. The molecule has 2 N–H and O–H groups in total. The number of aryl methyl sites for hydroxylation is 2. The molecule has 1 saturated heterocycles. The molecule has 1 saturated carbocycles. The number of urea groups is 1. The van der Waals surface area contributed by atoms with Crippen LogP contribution in [0.5, 0.6) is 0 Å². The third-order valence-corrected chi connectivity index (χ3v) is 5.61. The second kappa shape index (κ2) is 8.63. The maximum absolute atomic E-state index is 12.5. The highest BCUT2D eigenvalue weighted by Gasteiger charge is 2.52. The maximum atomic E-state index is 12.5. The number of esters is 1. The molecule has 2 fully saturated rings. The number of para-hydroxylation sites is 1. The lowest BCUT2D eigenvalue weighted by Crippen LogP contribution is -2.44. The summed E-state index contributed by atoms with van der Waals surface area (Å²) in [6.07, 6.45) is 3.70. The van der Waals surface area contributed by atoms with Gasteiger partial charge in [-0.3, -0.25) is 19.3 Å². The van der Waals surface area contributed by atoms with E-state index in [1.165, 1.54) is 0 Å². The fraction of sp³-hybridized carbons (Fsp3) is 0.524. The Hall–Kier alpha value is -2.90. The normalized spacial score (nSPS) is 17.5. The SMILES string of the molecule is CCc1cccc(C)c1NC(=O)COC(=O)CCN1C(=O)NC2(CCCC2)C1=O. The van der Waals surface area contributed by atoms with Gasteiger partial charge in [0.2, 0.25) is 0 Å². The van der Waals surface area contributed by atoms with Crippen LogP contribution in [-0.4, -0.2) is 47.4 Å². The van der Waals surface area contributed by atoms with Crippen molar-refractivity contribution in [1.82, 2.24) is 10.2 Å². The van der Waals surface area contributed by atoms with Crippen LogP contribution in [0.4, 0.5) is 10.5 Å². The summed E-state index contributed by atoms with van der Waals surface area (Å²) in [6.45, 7) is 3.43. The molecule has 1 spiro atoms. The first-order chi connectivity index (χ1) is 13.9. The van der Waals surface area contributed by atoms with Gasteiger partial charge in [-0.15, -0.1) is 0 Å². The number of nitrogens with one attached hydrogen (secondary N) is 2. The molecule has 156 valence electrons. The van der Waals surface area contributed by atoms with Crippen LogP contribution in [0.15, 0.2) is 18.2 Å². The van der Waals surface area contributed by atoms with Crippen LogP contribution in [0.2, 0.25) is 0 Å². The predicted octanol–water partition coefficient (Wildman–Crippen LogP) is 2.29. The molecule has 29 heavy (non-hydrogen) atoms.